The number of benzene rings is 1. The van der Waals surface area contributed by atoms with Crippen LogP contribution in [0, 0.1) is 0 Å². The maximum absolute atomic E-state index is 11.3. The van der Waals surface area contributed by atoms with Crippen LogP contribution in [0.25, 0.3) is 0 Å². The molecule has 1 saturated heterocycles. The van der Waals surface area contributed by atoms with Crippen LogP contribution >= 0.6 is 0 Å². The number of hydrogen-bond acceptors (Lipinski definition) is 2. The van der Waals surface area contributed by atoms with E-state index in [0.717, 1.165) is 24.5 Å². The molecule has 0 unspecified atom stereocenters. The zero-order chi connectivity index (χ0) is 11.4. The number of carbonyl (C=O) groups excluding carboxylic acids is 1. The van der Waals surface area contributed by atoms with Gasteiger partial charge in [0.05, 0.1) is 11.4 Å². The molecule has 16 heavy (non-hydrogen) atoms. The van der Waals surface area contributed by atoms with Crippen molar-refractivity contribution in [2.24, 2.45) is 0 Å². The largest absolute Gasteiger partial charge is 0.370 e. The minimum absolute atomic E-state index is 0.174. The van der Waals surface area contributed by atoms with Crippen molar-refractivity contribution in [1.82, 2.24) is 5.32 Å². The van der Waals surface area contributed by atoms with Gasteiger partial charge in [0.2, 0.25) is 0 Å². The Morgan fingerprint density at radius 3 is 2.62 bits per heavy atom. The lowest BCUT2D eigenvalue weighted by atomic mass is 10.2. The van der Waals surface area contributed by atoms with Crippen LogP contribution in [0.3, 0.4) is 0 Å². The highest BCUT2D eigenvalue weighted by molar-refractivity contribution is 5.93. The second-order valence-electron chi connectivity index (χ2n) is 3.92. The Hall–Kier alpha value is -1.71. The molecule has 2 N–H and O–H groups in total. The van der Waals surface area contributed by atoms with Crippen molar-refractivity contribution >= 4 is 17.4 Å². The van der Waals surface area contributed by atoms with Gasteiger partial charge < -0.3 is 15.5 Å². The number of urea groups is 1. The molecular formula is C12H17N3O. The van der Waals surface area contributed by atoms with Crippen LogP contribution in [0.4, 0.5) is 16.2 Å². The molecule has 0 radical (unpaired) electrons. The number of rotatable bonds is 2. The van der Waals surface area contributed by atoms with Gasteiger partial charge in [0.25, 0.3) is 0 Å². The molecule has 0 saturated carbocycles. The molecule has 1 aliphatic heterocycles. The third-order valence-electron chi connectivity index (χ3n) is 2.83. The first kappa shape index (κ1) is 10.8. The van der Waals surface area contributed by atoms with Crippen LogP contribution in [0.5, 0.6) is 0 Å². The molecule has 1 heterocycles. The molecule has 1 aliphatic rings. The van der Waals surface area contributed by atoms with Crippen molar-refractivity contribution in [1.29, 1.82) is 0 Å². The van der Waals surface area contributed by atoms with Crippen LogP contribution in [0.2, 0.25) is 0 Å². The number of para-hydroxylation sites is 2. The Kier molecular flexibility index (Phi) is 3.29. The predicted molar refractivity (Wildman–Crippen MR) is 66.0 cm³/mol. The van der Waals surface area contributed by atoms with Gasteiger partial charge in [0.1, 0.15) is 0 Å². The van der Waals surface area contributed by atoms with E-state index in [4.69, 9.17) is 0 Å². The molecular weight excluding hydrogens is 202 g/mol. The molecule has 1 fully saturated rings. The van der Waals surface area contributed by atoms with E-state index in [0.29, 0.717) is 0 Å². The molecule has 4 nitrogen and oxygen atoms in total. The Labute approximate surface area is 95.6 Å². The first-order valence-electron chi connectivity index (χ1n) is 5.64. The van der Waals surface area contributed by atoms with Gasteiger partial charge in [-0.3, -0.25) is 0 Å². The first-order chi connectivity index (χ1) is 7.81. The summed E-state index contributed by atoms with van der Waals surface area (Å²) in [4.78, 5) is 13.6. The second-order valence-corrected chi connectivity index (χ2v) is 3.92. The van der Waals surface area contributed by atoms with E-state index in [1.54, 1.807) is 7.05 Å². The molecule has 4 heteroatoms. The smallest absolute Gasteiger partial charge is 0.319 e. The zero-order valence-corrected chi connectivity index (χ0v) is 9.49. The zero-order valence-electron chi connectivity index (χ0n) is 9.49. The number of anilines is 2. The fourth-order valence-corrected chi connectivity index (χ4v) is 2.00. The fourth-order valence-electron chi connectivity index (χ4n) is 2.00. The molecule has 0 aromatic heterocycles. The Morgan fingerprint density at radius 1 is 1.25 bits per heavy atom. The summed E-state index contributed by atoms with van der Waals surface area (Å²) in [7, 11) is 1.62. The van der Waals surface area contributed by atoms with Gasteiger partial charge in [-0.25, -0.2) is 4.79 Å². The normalized spacial score (nSPS) is 14.9. The molecule has 1 aromatic carbocycles. The maximum Gasteiger partial charge on any atom is 0.319 e. The first-order valence-corrected chi connectivity index (χ1v) is 5.64. The van der Waals surface area contributed by atoms with Crippen molar-refractivity contribution in [2.45, 2.75) is 12.8 Å². The van der Waals surface area contributed by atoms with Crippen molar-refractivity contribution in [3.05, 3.63) is 24.3 Å². The Bertz CT molecular complexity index is 372. The molecule has 2 rings (SSSR count). The average molecular weight is 219 g/mol. The highest BCUT2D eigenvalue weighted by atomic mass is 16.2. The molecule has 2 amide bonds. The summed E-state index contributed by atoms with van der Waals surface area (Å²) in [6.45, 7) is 2.15. The monoisotopic (exact) mass is 219 g/mol. The van der Waals surface area contributed by atoms with E-state index in [1.165, 1.54) is 12.8 Å². The summed E-state index contributed by atoms with van der Waals surface area (Å²) < 4.78 is 0. The lowest BCUT2D eigenvalue weighted by Crippen LogP contribution is -2.26. The van der Waals surface area contributed by atoms with Crippen molar-refractivity contribution in [3.63, 3.8) is 0 Å². The van der Waals surface area contributed by atoms with Gasteiger partial charge >= 0.3 is 6.03 Å². The van der Waals surface area contributed by atoms with Crippen molar-refractivity contribution < 1.29 is 4.79 Å². The van der Waals surface area contributed by atoms with Gasteiger partial charge in [-0.15, -0.1) is 0 Å². The van der Waals surface area contributed by atoms with E-state index >= 15 is 0 Å². The van der Waals surface area contributed by atoms with Crippen molar-refractivity contribution in [2.75, 3.05) is 30.4 Å². The standard InChI is InChI=1S/C12H17N3O/c1-13-12(16)14-10-6-2-3-7-11(10)15-8-4-5-9-15/h2-3,6-7H,4-5,8-9H2,1H3,(H2,13,14,16). The predicted octanol–water partition coefficient (Wildman–Crippen LogP) is 2.04. The van der Waals surface area contributed by atoms with Crippen LogP contribution in [-0.4, -0.2) is 26.2 Å². The summed E-state index contributed by atoms with van der Waals surface area (Å²) in [6, 6.07) is 7.75. The lowest BCUT2D eigenvalue weighted by Gasteiger charge is -2.21. The molecule has 1 aromatic rings. The van der Waals surface area contributed by atoms with E-state index in [9.17, 15) is 4.79 Å². The third-order valence-corrected chi connectivity index (χ3v) is 2.83. The molecule has 0 bridgehead atoms. The molecule has 0 spiro atoms. The van der Waals surface area contributed by atoms with Crippen LogP contribution in [0.1, 0.15) is 12.8 Å². The second kappa shape index (κ2) is 4.88. The Morgan fingerprint density at radius 2 is 1.94 bits per heavy atom. The summed E-state index contributed by atoms with van der Waals surface area (Å²) >= 11 is 0. The van der Waals surface area contributed by atoms with Gasteiger partial charge in [-0.05, 0) is 25.0 Å². The minimum atomic E-state index is -0.174. The van der Waals surface area contributed by atoms with Gasteiger partial charge in [-0.2, -0.15) is 0 Å². The maximum atomic E-state index is 11.3. The SMILES string of the molecule is CNC(=O)Nc1ccccc1N1CCCC1. The van der Waals surface area contributed by atoms with Crippen molar-refractivity contribution in [3.8, 4) is 0 Å². The third kappa shape index (κ3) is 2.27. The number of hydrogen-bond donors (Lipinski definition) is 2. The summed E-state index contributed by atoms with van der Waals surface area (Å²) in [5.41, 5.74) is 1.99. The van der Waals surface area contributed by atoms with Gasteiger partial charge in [0, 0.05) is 20.1 Å². The molecule has 86 valence electrons. The number of carbonyl (C=O) groups is 1. The van der Waals surface area contributed by atoms with E-state index in [2.05, 4.69) is 21.6 Å². The van der Waals surface area contributed by atoms with Gasteiger partial charge in [-0.1, -0.05) is 12.1 Å². The summed E-state index contributed by atoms with van der Waals surface area (Å²) in [5, 5.41) is 5.41. The lowest BCUT2D eigenvalue weighted by molar-refractivity contribution is 0.254. The van der Waals surface area contributed by atoms with E-state index in [1.807, 2.05) is 18.2 Å². The molecule has 0 atom stereocenters. The fraction of sp³-hybridized carbons (Fsp3) is 0.417. The van der Waals surface area contributed by atoms with Gasteiger partial charge in [0.15, 0.2) is 0 Å². The topological polar surface area (TPSA) is 44.4 Å². The van der Waals surface area contributed by atoms with Crippen LogP contribution in [0.15, 0.2) is 24.3 Å². The molecule has 0 aliphatic carbocycles. The number of nitrogens with zero attached hydrogens (tertiary/aromatic N) is 1. The van der Waals surface area contributed by atoms with Crippen LogP contribution in [-0.2, 0) is 0 Å². The number of amides is 2. The van der Waals surface area contributed by atoms with Crippen LogP contribution < -0.4 is 15.5 Å². The quantitative estimate of drug-likeness (QED) is 0.799. The summed E-state index contributed by atoms with van der Waals surface area (Å²) in [6.07, 6.45) is 2.46. The average Bonchev–Trinajstić information content (AvgIpc) is 2.83. The minimum Gasteiger partial charge on any atom is -0.370 e. The van der Waals surface area contributed by atoms with E-state index in [-0.39, 0.29) is 6.03 Å². The Balaban J connectivity index is 2.19. The highest BCUT2D eigenvalue weighted by Gasteiger charge is 2.15. The van der Waals surface area contributed by atoms with E-state index < -0.39 is 0 Å². The number of nitrogens with one attached hydrogen (secondary N) is 2. The summed E-state index contributed by atoms with van der Waals surface area (Å²) in [5.74, 6) is 0. The highest BCUT2D eigenvalue weighted by Crippen LogP contribution is 2.28.